The van der Waals surface area contributed by atoms with Gasteiger partial charge in [-0.15, -0.1) is 0 Å². The van der Waals surface area contributed by atoms with E-state index in [1.165, 1.54) is 6.07 Å². The van der Waals surface area contributed by atoms with E-state index in [0.29, 0.717) is 41.7 Å². The van der Waals surface area contributed by atoms with Crippen molar-refractivity contribution in [3.63, 3.8) is 0 Å². The highest BCUT2D eigenvalue weighted by atomic mass is 19.1. The highest BCUT2D eigenvalue weighted by Gasteiger charge is 2.45. The lowest BCUT2D eigenvalue weighted by Gasteiger charge is -2.31. The molecule has 16 nitrogen and oxygen atoms in total. The van der Waals surface area contributed by atoms with Crippen LogP contribution in [0.4, 0.5) is 4.39 Å². The van der Waals surface area contributed by atoms with E-state index in [9.17, 15) is 38.3 Å². The summed E-state index contributed by atoms with van der Waals surface area (Å²) >= 11 is 0. The second-order valence-electron chi connectivity index (χ2n) is 14.3. The molecule has 58 heavy (non-hydrogen) atoms. The molecule has 0 bridgehead atoms. The number of ether oxygens (including phenoxy) is 2. The van der Waals surface area contributed by atoms with E-state index in [2.05, 4.69) is 21.3 Å². The molecule has 0 radical (unpaired) electrons. The molecule has 0 saturated carbocycles. The Balaban J connectivity index is 1.04. The fraction of sp³-hybridized carbons (Fsp3) is 0.390. The number of amides is 4. The normalized spacial score (nSPS) is 15.8. The lowest BCUT2D eigenvalue weighted by Crippen LogP contribution is -2.52. The molecule has 7 N–H and O–H groups in total. The molecule has 4 amide bonds. The zero-order valence-electron chi connectivity index (χ0n) is 32.2. The number of hydrogen-bond acceptors (Lipinski definition) is 11. The molecular formula is C41H46FN7O9. The Labute approximate surface area is 332 Å². The molecule has 0 fully saturated rings. The molecule has 4 aromatic rings. The van der Waals surface area contributed by atoms with E-state index in [-0.39, 0.29) is 75.7 Å². The van der Waals surface area contributed by atoms with Crippen molar-refractivity contribution in [1.82, 2.24) is 30.8 Å². The third-order valence-corrected chi connectivity index (χ3v) is 10.4. The maximum Gasteiger partial charge on any atom is 0.343 e. The predicted molar refractivity (Wildman–Crippen MR) is 208 cm³/mol. The lowest BCUT2D eigenvalue weighted by molar-refractivity contribution is -0.172. The topological polar surface area (TPSA) is 233 Å². The number of carbonyl (C=O) groups excluding carboxylic acids is 5. The maximum atomic E-state index is 14.8. The quantitative estimate of drug-likeness (QED) is 0.0439. The van der Waals surface area contributed by atoms with Crippen LogP contribution in [0.3, 0.4) is 0 Å². The molecule has 0 spiro atoms. The number of carbonyl (C=O) groups is 5. The lowest BCUT2D eigenvalue weighted by atomic mass is 9.86. The molecule has 1 unspecified atom stereocenters. The number of nitrogens with two attached hydrogens (primary N) is 1. The van der Waals surface area contributed by atoms with Crippen molar-refractivity contribution in [2.75, 3.05) is 33.0 Å². The fourth-order valence-electron chi connectivity index (χ4n) is 7.20. The van der Waals surface area contributed by atoms with Gasteiger partial charge in [0.2, 0.25) is 23.6 Å². The fourth-order valence-corrected chi connectivity index (χ4v) is 7.20. The number of rotatable bonds is 17. The summed E-state index contributed by atoms with van der Waals surface area (Å²) in [6.45, 7) is 2.40. The average molecular weight is 800 g/mol. The molecule has 2 aliphatic rings. The van der Waals surface area contributed by atoms with Crippen LogP contribution in [0.25, 0.3) is 22.3 Å². The molecule has 6 rings (SSSR count). The summed E-state index contributed by atoms with van der Waals surface area (Å²) in [5.74, 6) is -3.47. The van der Waals surface area contributed by atoms with Crippen molar-refractivity contribution < 1.29 is 42.9 Å². The summed E-state index contributed by atoms with van der Waals surface area (Å²) in [6.07, 6.45) is 1.92. The minimum Gasteiger partial charge on any atom is -0.458 e. The second-order valence-corrected chi connectivity index (χ2v) is 14.3. The number of nitrogens with zero attached hydrogens (tertiary/aromatic N) is 2. The van der Waals surface area contributed by atoms with Gasteiger partial charge in [0.25, 0.3) is 5.56 Å². The average Bonchev–Trinajstić information content (AvgIpc) is 3.59. The van der Waals surface area contributed by atoms with Gasteiger partial charge in [0, 0.05) is 35.6 Å². The Bertz CT molecular complexity index is 2320. The van der Waals surface area contributed by atoms with Gasteiger partial charge in [0.15, 0.2) is 5.60 Å². The molecular weight excluding hydrogens is 753 g/mol. The number of hydrogen-bond donors (Lipinski definition) is 6. The third kappa shape index (κ3) is 8.91. The molecule has 2 aliphatic heterocycles. The van der Waals surface area contributed by atoms with Gasteiger partial charge in [-0.3, -0.25) is 24.0 Å². The highest BCUT2D eigenvalue weighted by Crippen LogP contribution is 2.41. The van der Waals surface area contributed by atoms with E-state index in [4.69, 9.17) is 20.2 Å². The van der Waals surface area contributed by atoms with Crippen molar-refractivity contribution in [2.24, 2.45) is 5.73 Å². The van der Waals surface area contributed by atoms with Gasteiger partial charge in [-0.05, 0) is 61.4 Å². The van der Waals surface area contributed by atoms with Gasteiger partial charge >= 0.3 is 5.97 Å². The predicted octanol–water partition coefficient (Wildman–Crippen LogP) is 0.859. The van der Waals surface area contributed by atoms with Gasteiger partial charge in [-0.1, -0.05) is 37.3 Å². The highest BCUT2D eigenvalue weighted by molar-refractivity contribution is 5.92. The molecule has 4 heterocycles. The molecule has 2 atom stereocenters. The Hall–Kier alpha value is -6.04. The number of nitrogens with one attached hydrogen (secondary N) is 4. The number of pyridine rings is 2. The summed E-state index contributed by atoms with van der Waals surface area (Å²) in [5, 5.41) is 22.0. The van der Waals surface area contributed by atoms with E-state index in [1.54, 1.807) is 54.8 Å². The van der Waals surface area contributed by atoms with Gasteiger partial charge < -0.3 is 46.1 Å². The summed E-state index contributed by atoms with van der Waals surface area (Å²) in [4.78, 5) is 80.5. The number of aliphatic hydroxyl groups is 1. The summed E-state index contributed by atoms with van der Waals surface area (Å²) in [7, 11) is 0. The molecule has 2 aromatic heterocycles. The first-order valence-corrected chi connectivity index (χ1v) is 19.1. The van der Waals surface area contributed by atoms with Crippen molar-refractivity contribution >= 4 is 40.5 Å². The number of cyclic esters (lactones) is 1. The maximum absolute atomic E-state index is 14.8. The third-order valence-electron chi connectivity index (χ3n) is 10.4. The molecule has 306 valence electrons. The number of fused-ring (bicyclic) bond motifs is 5. The van der Waals surface area contributed by atoms with Crippen LogP contribution >= 0.6 is 0 Å². The van der Waals surface area contributed by atoms with Crippen LogP contribution in [0.15, 0.2) is 53.3 Å². The second kappa shape index (κ2) is 18.0. The van der Waals surface area contributed by atoms with Crippen LogP contribution in [-0.4, -0.2) is 83.3 Å². The van der Waals surface area contributed by atoms with Crippen LogP contribution in [0.5, 0.6) is 0 Å². The van der Waals surface area contributed by atoms with Gasteiger partial charge in [0.1, 0.15) is 25.2 Å². The standard InChI is InChI=1S/C41H46FN7O9/c1-3-41(56)29-15-33-37-27(20-49(33)39(54)28(29)21-58-40(41)55)25(26-13-23(2)30(42)16-31(26)48-37)11-7-8-12-57-22-46-35(51)18-45-38(53)32(14-24-9-5-4-6-10-24)47-36(52)19-44-34(50)17-43/h4-6,9-10,13,15-16,32,56H,3,7-8,11-12,14,17-22,43H2,1-2H3,(H,44,50)(H,45,53)(H,46,51)(H,47,52)/t32?,41-/m0/s1. The minimum atomic E-state index is -1.97. The molecule has 0 saturated heterocycles. The minimum absolute atomic E-state index is 0.00854. The Morgan fingerprint density at radius 1 is 1.02 bits per heavy atom. The van der Waals surface area contributed by atoms with E-state index in [0.717, 1.165) is 22.1 Å². The van der Waals surface area contributed by atoms with Crippen molar-refractivity contribution in [3.05, 3.63) is 98.1 Å². The first kappa shape index (κ1) is 41.6. The van der Waals surface area contributed by atoms with Crippen LogP contribution in [-0.2, 0) is 65.0 Å². The summed E-state index contributed by atoms with van der Waals surface area (Å²) in [5.41, 5.74) is 7.55. The Morgan fingerprint density at radius 2 is 1.78 bits per heavy atom. The van der Waals surface area contributed by atoms with E-state index >= 15 is 0 Å². The van der Waals surface area contributed by atoms with Crippen LogP contribution in [0, 0.1) is 12.7 Å². The Morgan fingerprint density at radius 3 is 2.52 bits per heavy atom. The number of aromatic nitrogens is 2. The van der Waals surface area contributed by atoms with Crippen LogP contribution < -0.4 is 32.6 Å². The zero-order valence-corrected chi connectivity index (χ0v) is 32.2. The number of unbranched alkanes of at least 4 members (excludes halogenated alkanes) is 1. The first-order valence-electron chi connectivity index (χ1n) is 19.1. The SMILES string of the molecule is CC[C@@]1(O)C(=O)OCc2c1cc1n(c2=O)Cc2c-1nc1cc(F)c(C)cc1c2CCCCOCNC(=O)CNC(=O)C(Cc1ccccc1)NC(=O)CNC(=O)CN. The van der Waals surface area contributed by atoms with Gasteiger partial charge in [0.05, 0.1) is 48.6 Å². The number of esters is 1. The van der Waals surface area contributed by atoms with Crippen molar-refractivity contribution in [3.8, 4) is 11.4 Å². The van der Waals surface area contributed by atoms with E-state index in [1.807, 2.05) is 6.07 Å². The monoisotopic (exact) mass is 799 g/mol. The summed E-state index contributed by atoms with van der Waals surface area (Å²) in [6, 6.07) is 12.7. The first-order chi connectivity index (χ1) is 27.8. The molecule has 17 heteroatoms. The largest absolute Gasteiger partial charge is 0.458 e. The number of benzene rings is 2. The number of aryl methyl sites for hydroxylation is 2. The van der Waals surface area contributed by atoms with Crippen molar-refractivity contribution in [2.45, 2.75) is 70.7 Å². The molecule has 0 aliphatic carbocycles. The van der Waals surface area contributed by atoms with Crippen molar-refractivity contribution in [1.29, 1.82) is 0 Å². The van der Waals surface area contributed by atoms with Gasteiger partial charge in [-0.2, -0.15) is 0 Å². The zero-order chi connectivity index (χ0) is 41.6. The smallest absolute Gasteiger partial charge is 0.343 e. The van der Waals surface area contributed by atoms with Gasteiger partial charge in [-0.25, -0.2) is 14.2 Å². The summed E-state index contributed by atoms with van der Waals surface area (Å²) < 4.78 is 27.2. The molecule has 2 aromatic carbocycles. The number of halogens is 1. The van der Waals surface area contributed by atoms with E-state index < -0.39 is 47.1 Å². The Kier molecular flexibility index (Phi) is 12.9. The van der Waals surface area contributed by atoms with Crippen LogP contribution in [0.2, 0.25) is 0 Å². The van der Waals surface area contributed by atoms with Crippen LogP contribution in [0.1, 0.15) is 59.6 Å².